The maximum Gasteiger partial charge on any atom is 0.304 e. The third kappa shape index (κ3) is 3.62. The van der Waals surface area contributed by atoms with Gasteiger partial charge in [-0.15, -0.1) is 0 Å². The van der Waals surface area contributed by atoms with Crippen molar-refractivity contribution in [1.82, 2.24) is 0 Å². The van der Waals surface area contributed by atoms with E-state index in [9.17, 15) is 18.4 Å². The van der Waals surface area contributed by atoms with Crippen molar-refractivity contribution in [2.45, 2.75) is 19.8 Å². The van der Waals surface area contributed by atoms with Crippen LogP contribution in [0.1, 0.15) is 35.7 Å². The minimum atomic E-state index is -2.57. The summed E-state index contributed by atoms with van der Waals surface area (Å²) in [5.41, 5.74) is 0.0931. The van der Waals surface area contributed by atoms with E-state index in [0.29, 0.717) is 0 Å². The van der Waals surface area contributed by atoms with Gasteiger partial charge in [-0.3, -0.25) is 9.59 Å². The Balaban J connectivity index is 2.79. The van der Waals surface area contributed by atoms with Gasteiger partial charge in [-0.25, -0.2) is 8.78 Å². The van der Waals surface area contributed by atoms with Crippen LogP contribution >= 0.6 is 0 Å². The molecule has 17 heavy (non-hydrogen) atoms. The SMILES string of the molecule is CC(CC(=O)O)C(=O)c1ccc(C(F)F)cc1. The molecule has 1 N–H and O–H groups in total. The standard InChI is InChI=1S/C12H12F2O3/c1-7(6-10(15)16)11(17)8-2-4-9(5-3-8)12(13)14/h2-5,7,12H,6H2,1H3,(H,15,16). The lowest BCUT2D eigenvalue weighted by Crippen LogP contribution is -2.15. The first kappa shape index (κ1) is 13.3. The second-order valence-corrected chi connectivity index (χ2v) is 3.79. The van der Waals surface area contributed by atoms with Crippen molar-refractivity contribution >= 4 is 11.8 Å². The van der Waals surface area contributed by atoms with E-state index in [2.05, 4.69) is 0 Å². The molecule has 0 saturated carbocycles. The topological polar surface area (TPSA) is 54.4 Å². The number of halogens is 2. The molecule has 5 heteroatoms. The minimum absolute atomic E-state index is 0.160. The molecule has 3 nitrogen and oxygen atoms in total. The van der Waals surface area contributed by atoms with Crippen LogP contribution in [0.3, 0.4) is 0 Å². The number of benzene rings is 1. The normalized spacial score (nSPS) is 12.5. The molecule has 1 rings (SSSR count). The molecule has 0 aliphatic carbocycles. The Morgan fingerprint density at radius 1 is 1.24 bits per heavy atom. The lowest BCUT2D eigenvalue weighted by atomic mass is 9.96. The number of carbonyl (C=O) groups excluding carboxylic acids is 1. The smallest absolute Gasteiger partial charge is 0.304 e. The number of ketones is 1. The Hall–Kier alpha value is -1.78. The molecule has 1 aromatic rings. The number of aliphatic carboxylic acids is 1. The fourth-order valence-electron chi connectivity index (χ4n) is 1.43. The van der Waals surface area contributed by atoms with Gasteiger partial charge < -0.3 is 5.11 Å². The molecule has 0 saturated heterocycles. The number of carboxylic acids is 1. The van der Waals surface area contributed by atoms with Crippen LogP contribution < -0.4 is 0 Å². The third-order valence-corrected chi connectivity index (χ3v) is 2.38. The first-order chi connectivity index (χ1) is 7.91. The zero-order chi connectivity index (χ0) is 13.0. The highest BCUT2D eigenvalue weighted by molar-refractivity contribution is 5.99. The average Bonchev–Trinajstić information content (AvgIpc) is 2.27. The zero-order valence-electron chi connectivity index (χ0n) is 9.19. The highest BCUT2D eigenvalue weighted by Crippen LogP contribution is 2.20. The summed E-state index contributed by atoms with van der Waals surface area (Å²) in [6, 6.07) is 4.93. The predicted molar refractivity (Wildman–Crippen MR) is 57.1 cm³/mol. The van der Waals surface area contributed by atoms with Gasteiger partial charge in [0.15, 0.2) is 5.78 Å². The fourth-order valence-corrected chi connectivity index (χ4v) is 1.43. The van der Waals surface area contributed by atoms with Crippen LogP contribution in [0.25, 0.3) is 0 Å². The Bertz CT molecular complexity index is 412. The van der Waals surface area contributed by atoms with Gasteiger partial charge in [-0.2, -0.15) is 0 Å². The Morgan fingerprint density at radius 3 is 2.18 bits per heavy atom. The molecule has 0 fully saturated rings. The van der Waals surface area contributed by atoms with Gasteiger partial charge in [0, 0.05) is 17.0 Å². The molecule has 0 spiro atoms. The molecule has 0 aliphatic rings. The molecular weight excluding hydrogens is 230 g/mol. The summed E-state index contributed by atoms with van der Waals surface area (Å²) in [6.07, 6.45) is -2.84. The maximum atomic E-state index is 12.3. The molecule has 1 atom stereocenters. The van der Waals surface area contributed by atoms with Crippen LogP contribution in [0, 0.1) is 5.92 Å². The molecule has 1 aromatic carbocycles. The number of carboxylic acid groups (broad SMARTS) is 1. The van der Waals surface area contributed by atoms with Crippen molar-refractivity contribution in [3.63, 3.8) is 0 Å². The van der Waals surface area contributed by atoms with E-state index < -0.39 is 18.3 Å². The Labute approximate surface area is 97.1 Å². The number of alkyl halides is 2. The predicted octanol–water partition coefficient (Wildman–Crippen LogP) is 2.92. The van der Waals surface area contributed by atoms with Crippen LogP contribution in [0.5, 0.6) is 0 Å². The van der Waals surface area contributed by atoms with Crippen molar-refractivity contribution in [3.8, 4) is 0 Å². The van der Waals surface area contributed by atoms with Gasteiger partial charge in [0.1, 0.15) is 0 Å². The fraction of sp³-hybridized carbons (Fsp3) is 0.333. The number of rotatable bonds is 5. The van der Waals surface area contributed by atoms with Gasteiger partial charge in [0.05, 0.1) is 6.42 Å². The quantitative estimate of drug-likeness (QED) is 0.807. The summed E-state index contributed by atoms with van der Waals surface area (Å²) in [4.78, 5) is 22.1. The van der Waals surface area contributed by atoms with Crippen LogP contribution in [0.15, 0.2) is 24.3 Å². The number of hydrogen-bond acceptors (Lipinski definition) is 2. The van der Waals surface area contributed by atoms with Crippen molar-refractivity contribution < 1.29 is 23.5 Å². The van der Waals surface area contributed by atoms with Gasteiger partial charge in [0.2, 0.25) is 0 Å². The third-order valence-electron chi connectivity index (χ3n) is 2.38. The highest BCUT2D eigenvalue weighted by Gasteiger charge is 2.18. The Morgan fingerprint density at radius 2 is 1.76 bits per heavy atom. The van der Waals surface area contributed by atoms with Gasteiger partial charge >= 0.3 is 5.97 Å². The molecular formula is C12H12F2O3. The van der Waals surface area contributed by atoms with Gasteiger partial charge in [-0.1, -0.05) is 31.2 Å². The van der Waals surface area contributed by atoms with Crippen molar-refractivity contribution in [3.05, 3.63) is 35.4 Å². The second-order valence-electron chi connectivity index (χ2n) is 3.79. The van der Waals surface area contributed by atoms with E-state index in [1.165, 1.54) is 31.2 Å². The second kappa shape index (κ2) is 5.52. The van der Waals surface area contributed by atoms with E-state index in [-0.39, 0.29) is 23.3 Å². The van der Waals surface area contributed by atoms with Crippen LogP contribution in [-0.4, -0.2) is 16.9 Å². The van der Waals surface area contributed by atoms with E-state index in [4.69, 9.17) is 5.11 Å². The van der Waals surface area contributed by atoms with E-state index in [1.807, 2.05) is 0 Å². The van der Waals surface area contributed by atoms with Crippen LogP contribution in [0.4, 0.5) is 8.78 Å². The summed E-state index contributed by atoms with van der Waals surface area (Å²) in [5, 5.41) is 8.55. The van der Waals surface area contributed by atoms with E-state index >= 15 is 0 Å². The van der Waals surface area contributed by atoms with Gasteiger partial charge in [-0.05, 0) is 0 Å². The first-order valence-corrected chi connectivity index (χ1v) is 5.06. The molecule has 92 valence electrons. The zero-order valence-corrected chi connectivity index (χ0v) is 9.19. The lowest BCUT2D eigenvalue weighted by molar-refractivity contribution is -0.137. The number of Topliss-reactive ketones (excluding diaryl/α,β-unsaturated/α-hetero) is 1. The van der Waals surface area contributed by atoms with Crippen molar-refractivity contribution in [1.29, 1.82) is 0 Å². The molecule has 0 heterocycles. The van der Waals surface area contributed by atoms with Gasteiger partial charge in [0.25, 0.3) is 6.43 Å². The number of carbonyl (C=O) groups is 2. The molecule has 1 unspecified atom stereocenters. The molecule has 0 aromatic heterocycles. The average molecular weight is 242 g/mol. The minimum Gasteiger partial charge on any atom is -0.481 e. The van der Waals surface area contributed by atoms with E-state index in [0.717, 1.165) is 0 Å². The van der Waals surface area contributed by atoms with Crippen molar-refractivity contribution in [2.24, 2.45) is 5.92 Å². The molecule has 0 amide bonds. The summed E-state index contributed by atoms with van der Waals surface area (Å²) in [7, 11) is 0. The largest absolute Gasteiger partial charge is 0.481 e. The highest BCUT2D eigenvalue weighted by atomic mass is 19.3. The van der Waals surface area contributed by atoms with Crippen LogP contribution in [0.2, 0.25) is 0 Å². The summed E-state index contributed by atoms with van der Waals surface area (Å²) in [5.74, 6) is -2.08. The summed E-state index contributed by atoms with van der Waals surface area (Å²) >= 11 is 0. The molecule has 0 aliphatic heterocycles. The Kier molecular flexibility index (Phi) is 4.31. The first-order valence-electron chi connectivity index (χ1n) is 5.06. The lowest BCUT2D eigenvalue weighted by Gasteiger charge is -2.08. The van der Waals surface area contributed by atoms with Crippen LogP contribution in [-0.2, 0) is 4.79 Å². The number of hydrogen-bond donors (Lipinski definition) is 1. The van der Waals surface area contributed by atoms with Crippen molar-refractivity contribution in [2.75, 3.05) is 0 Å². The van der Waals surface area contributed by atoms with E-state index in [1.54, 1.807) is 0 Å². The maximum absolute atomic E-state index is 12.3. The molecule has 0 bridgehead atoms. The summed E-state index contributed by atoms with van der Waals surface area (Å²) in [6.45, 7) is 1.50. The summed E-state index contributed by atoms with van der Waals surface area (Å²) < 4.78 is 24.5. The molecule has 0 radical (unpaired) electrons. The monoisotopic (exact) mass is 242 g/mol.